The van der Waals surface area contributed by atoms with Crippen molar-refractivity contribution in [1.29, 1.82) is 0 Å². The van der Waals surface area contributed by atoms with Gasteiger partial charge in [-0.2, -0.15) is 0 Å². The van der Waals surface area contributed by atoms with Gasteiger partial charge in [0.15, 0.2) is 0 Å². The van der Waals surface area contributed by atoms with Gasteiger partial charge < -0.3 is 10.2 Å². The largest absolute Gasteiger partial charge is 0.338 e. The van der Waals surface area contributed by atoms with Gasteiger partial charge in [-0.3, -0.25) is 4.79 Å². The highest BCUT2D eigenvalue weighted by Crippen LogP contribution is 2.29. The summed E-state index contributed by atoms with van der Waals surface area (Å²) in [7, 11) is 1.89. The first kappa shape index (κ1) is 11.9. The van der Waals surface area contributed by atoms with Crippen molar-refractivity contribution in [2.24, 2.45) is 5.92 Å². The summed E-state index contributed by atoms with van der Waals surface area (Å²) in [6.45, 7) is 3.27. The maximum atomic E-state index is 12.2. The molecule has 0 spiro atoms. The van der Waals surface area contributed by atoms with Crippen molar-refractivity contribution in [2.75, 3.05) is 13.6 Å². The minimum Gasteiger partial charge on any atom is -0.338 e. The predicted octanol–water partition coefficient (Wildman–Crippen LogP) is 1.78. The summed E-state index contributed by atoms with van der Waals surface area (Å²) in [6, 6.07) is 0.587. The van der Waals surface area contributed by atoms with Gasteiger partial charge in [-0.25, -0.2) is 0 Å². The van der Waals surface area contributed by atoms with Crippen molar-refractivity contribution >= 4 is 5.91 Å². The SMILES string of the molecule is CNC1CCN(C2CCCCCC2C)C1=O. The average molecular weight is 224 g/mol. The van der Waals surface area contributed by atoms with Crippen LogP contribution in [0.25, 0.3) is 0 Å². The molecule has 0 aromatic heterocycles. The maximum absolute atomic E-state index is 12.2. The number of hydrogen-bond donors (Lipinski definition) is 1. The average Bonchev–Trinajstić information content (AvgIpc) is 2.50. The molecule has 3 atom stereocenters. The molecular weight excluding hydrogens is 200 g/mol. The van der Waals surface area contributed by atoms with Gasteiger partial charge in [0.25, 0.3) is 0 Å². The van der Waals surface area contributed by atoms with Crippen molar-refractivity contribution < 1.29 is 4.79 Å². The molecule has 0 aromatic carbocycles. The van der Waals surface area contributed by atoms with Crippen LogP contribution in [0.1, 0.15) is 45.4 Å². The van der Waals surface area contributed by atoms with E-state index in [4.69, 9.17) is 0 Å². The first-order valence-electron chi connectivity index (χ1n) is 6.71. The highest BCUT2D eigenvalue weighted by atomic mass is 16.2. The van der Waals surface area contributed by atoms with E-state index in [1.54, 1.807) is 0 Å². The lowest BCUT2D eigenvalue weighted by Crippen LogP contribution is -2.44. The van der Waals surface area contributed by atoms with Crippen LogP contribution in [0, 0.1) is 5.92 Å². The molecule has 3 heteroatoms. The van der Waals surface area contributed by atoms with Gasteiger partial charge in [0, 0.05) is 12.6 Å². The van der Waals surface area contributed by atoms with Crippen molar-refractivity contribution in [3.63, 3.8) is 0 Å². The Labute approximate surface area is 98.6 Å². The number of rotatable bonds is 2. The summed E-state index contributed by atoms with van der Waals surface area (Å²) in [5.41, 5.74) is 0. The minimum absolute atomic E-state index is 0.0791. The molecule has 1 aliphatic heterocycles. The van der Waals surface area contributed by atoms with Gasteiger partial charge in [-0.1, -0.05) is 26.2 Å². The molecule has 1 aliphatic carbocycles. The number of carbonyl (C=O) groups excluding carboxylic acids is 1. The van der Waals surface area contributed by atoms with Gasteiger partial charge >= 0.3 is 0 Å². The summed E-state index contributed by atoms with van der Waals surface area (Å²) in [5.74, 6) is 1.02. The van der Waals surface area contributed by atoms with Crippen LogP contribution < -0.4 is 5.32 Å². The summed E-state index contributed by atoms with van der Waals surface area (Å²) >= 11 is 0. The molecule has 1 heterocycles. The lowest BCUT2D eigenvalue weighted by molar-refractivity contribution is -0.132. The standard InChI is InChI=1S/C13H24N2O/c1-10-6-4-3-5-7-12(10)15-9-8-11(14-2)13(15)16/h10-12,14H,3-9H2,1-2H3. The van der Waals surface area contributed by atoms with E-state index in [-0.39, 0.29) is 6.04 Å². The molecule has 1 amide bonds. The molecule has 92 valence electrons. The molecule has 0 bridgehead atoms. The fourth-order valence-corrected chi connectivity index (χ4v) is 3.24. The first-order valence-corrected chi connectivity index (χ1v) is 6.71. The van der Waals surface area contributed by atoms with Crippen molar-refractivity contribution in [3.8, 4) is 0 Å². The molecule has 0 aromatic rings. The Bertz CT molecular complexity index is 254. The Balaban J connectivity index is 2.03. The number of likely N-dealkylation sites (tertiary alicyclic amines) is 1. The third-order valence-electron chi connectivity index (χ3n) is 4.30. The Hall–Kier alpha value is -0.570. The summed E-state index contributed by atoms with van der Waals surface area (Å²) in [6.07, 6.45) is 7.47. The van der Waals surface area contributed by atoms with Crippen LogP contribution in [0.3, 0.4) is 0 Å². The fraction of sp³-hybridized carbons (Fsp3) is 0.923. The third-order valence-corrected chi connectivity index (χ3v) is 4.30. The molecule has 3 nitrogen and oxygen atoms in total. The van der Waals surface area contributed by atoms with E-state index >= 15 is 0 Å². The van der Waals surface area contributed by atoms with E-state index in [1.165, 1.54) is 32.1 Å². The van der Waals surface area contributed by atoms with Gasteiger partial charge in [-0.05, 0) is 32.2 Å². The second kappa shape index (κ2) is 5.17. The molecule has 1 saturated heterocycles. The monoisotopic (exact) mass is 224 g/mol. The molecule has 2 aliphatic rings. The summed E-state index contributed by atoms with van der Waals surface area (Å²) in [5, 5.41) is 3.12. The van der Waals surface area contributed by atoms with Crippen LogP contribution in [-0.4, -0.2) is 36.5 Å². The molecule has 16 heavy (non-hydrogen) atoms. The topological polar surface area (TPSA) is 32.3 Å². The van der Waals surface area contributed by atoms with Gasteiger partial charge in [0.1, 0.15) is 0 Å². The zero-order valence-corrected chi connectivity index (χ0v) is 10.5. The number of nitrogens with zero attached hydrogens (tertiary/aromatic N) is 1. The van der Waals surface area contributed by atoms with Crippen LogP contribution in [-0.2, 0) is 4.79 Å². The quantitative estimate of drug-likeness (QED) is 0.725. The number of hydrogen-bond acceptors (Lipinski definition) is 2. The second-order valence-corrected chi connectivity index (χ2v) is 5.34. The molecule has 1 N–H and O–H groups in total. The molecule has 3 unspecified atom stereocenters. The van der Waals surface area contributed by atoms with Crippen LogP contribution in [0.15, 0.2) is 0 Å². The minimum atomic E-state index is 0.0791. The van der Waals surface area contributed by atoms with Crippen molar-refractivity contribution in [3.05, 3.63) is 0 Å². The number of amides is 1. The van der Waals surface area contributed by atoms with Crippen LogP contribution in [0.4, 0.5) is 0 Å². The van der Waals surface area contributed by atoms with E-state index in [0.717, 1.165) is 13.0 Å². The highest BCUT2D eigenvalue weighted by Gasteiger charge is 2.37. The first-order chi connectivity index (χ1) is 7.74. The van der Waals surface area contributed by atoms with Gasteiger partial charge in [0.05, 0.1) is 6.04 Å². The second-order valence-electron chi connectivity index (χ2n) is 5.34. The fourth-order valence-electron chi connectivity index (χ4n) is 3.24. The van der Waals surface area contributed by atoms with E-state index < -0.39 is 0 Å². The Morgan fingerprint density at radius 2 is 1.94 bits per heavy atom. The zero-order chi connectivity index (χ0) is 11.5. The smallest absolute Gasteiger partial charge is 0.240 e. The number of likely N-dealkylation sites (N-methyl/N-ethyl adjacent to an activating group) is 1. The van der Waals surface area contributed by atoms with Crippen molar-refractivity contribution in [2.45, 2.75) is 57.5 Å². The van der Waals surface area contributed by atoms with Crippen LogP contribution in [0.2, 0.25) is 0 Å². The Kier molecular flexibility index (Phi) is 3.85. The van der Waals surface area contributed by atoms with E-state index in [0.29, 0.717) is 17.9 Å². The van der Waals surface area contributed by atoms with Gasteiger partial charge in [-0.15, -0.1) is 0 Å². The Morgan fingerprint density at radius 3 is 2.62 bits per heavy atom. The van der Waals surface area contributed by atoms with Crippen LogP contribution >= 0.6 is 0 Å². The lowest BCUT2D eigenvalue weighted by atomic mass is 9.95. The third kappa shape index (κ3) is 2.24. The van der Waals surface area contributed by atoms with Gasteiger partial charge in [0.2, 0.25) is 5.91 Å². The predicted molar refractivity (Wildman–Crippen MR) is 65.2 cm³/mol. The van der Waals surface area contributed by atoms with E-state index in [9.17, 15) is 4.79 Å². The number of nitrogens with one attached hydrogen (secondary N) is 1. The number of carbonyl (C=O) groups is 1. The molecule has 1 saturated carbocycles. The molecular formula is C13H24N2O. The lowest BCUT2D eigenvalue weighted by Gasteiger charge is -2.31. The molecule has 2 rings (SSSR count). The highest BCUT2D eigenvalue weighted by molar-refractivity contribution is 5.84. The summed E-state index contributed by atoms with van der Waals surface area (Å²) < 4.78 is 0. The Morgan fingerprint density at radius 1 is 1.19 bits per heavy atom. The maximum Gasteiger partial charge on any atom is 0.240 e. The van der Waals surface area contributed by atoms with E-state index in [1.807, 2.05) is 7.05 Å². The summed E-state index contributed by atoms with van der Waals surface area (Å²) in [4.78, 5) is 14.3. The van der Waals surface area contributed by atoms with Crippen molar-refractivity contribution in [1.82, 2.24) is 10.2 Å². The molecule has 2 fully saturated rings. The zero-order valence-electron chi connectivity index (χ0n) is 10.5. The normalized spacial score (nSPS) is 36.5. The van der Waals surface area contributed by atoms with Crippen LogP contribution in [0.5, 0.6) is 0 Å². The van der Waals surface area contributed by atoms with E-state index in [2.05, 4.69) is 17.1 Å². The molecule has 0 radical (unpaired) electrons.